The number of rotatable bonds is 4. The van der Waals surface area contributed by atoms with Crippen molar-refractivity contribution in [3.63, 3.8) is 0 Å². The summed E-state index contributed by atoms with van der Waals surface area (Å²) in [6.07, 6.45) is 1.46. The van der Waals surface area contributed by atoms with E-state index in [0.29, 0.717) is 27.2 Å². The van der Waals surface area contributed by atoms with Crippen molar-refractivity contribution in [2.45, 2.75) is 0 Å². The van der Waals surface area contributed by atoms with Crippen molar-refractivity contribution < 1.29 is 9.53 Å². The first kappa shape index (κ1) is 14.5. The highest BCUT2D eigenvalue weighted by Crippen LogP contribution is 2.23. The second kappa shape index (κ2) is 6.02. The number of nitrogens with two attached hydrogens (primary N) is 1. The third kappa shape index (κ3) is 2.97. The number of anilines is 1. The Labute approximate surface area is 128 Å². The van der Waals surface area contributed by atoms with Crippen LogP contribution in [0.1, 0.15) is 15.9 Å². The van der Waals surface area contributed by atoms with Crippen molar-refractivity contribution in [2.75, 3.05) is 12.4 Å². The second-order valence-electron chi connectivity index (χ2n) is 3.82. The van der Waals surface area contributed by atoms with E-state index in [1.54, 1.807) is 18.2 Å². The highest BCUT2D eigenvalue weighted by Gasteiger charge is 2.15. The molecule has 4 N–H and O–H groups in total. The lowest BCUT2D eigenvalue weighted by molar-refractivity contribution is 0.102. The molecular formula is C12H11BrN4O2S. The predicted octanol–water partition coefficient (Wildman–Crippen LogP) is 2.07. The van der Waals surface area contributed by atoms with E-state index in [-0.39, 0.29) is 10.9 Å². The van der Waals surface area contributed by atoms with Gasteiger partial charge in [0.25, 0.3) is 5.91 Å². The Morgan fingerprint density at radius 1 is 1.50 bits per heavy atom. The quantitative estimate of drug-likeness (QED) is 0.730. The lowest BCUT2D eigenvalue weighted by Gasteiger charge is -2.08. The summed E-state index contributed by atoms with van der Waals surface area (Å²) in [5.74, 6) is 0.604. The number of aromatic nitrogens is 2. The molecule has 0 radical (unpaired) electrons. The molecule has 0 atom stereocenters. The monoisotopic (exact) mass is 354 g/mol. The summed E-state index contributed by atoms with van der Waals surface area (Å²) in [5, 5.41) is 9.11. The van der Waals surface area contributed by atoms with Crippen LogP contribution in [0, 0.1) is 0 Å². The van der Waals surface area contributed by atoms with Gasteiger partial charge >= 0.3 is 0 Å². The zero-order valence-electron chi connectivity index (χ0n) is 10.4. The SMILES string of the molecule is COc1ccc(Br)c(C(=O)Nc2[nH]ncc2C(N)=S)c1. The maximum absolute atomic E-state index is 12.2. The van der Waals surface area contributed by atoms with Gasteiger partial charge in [-0.15, -0.1) is 0 Å². The number of ether oxygens (including phenoxy) is 1. The zero-order valence-corrected chi connectivity index (χ0v) is 12.8. The molecule has 0 aliphatic carbocycles. The summed E-state index contributed by atoms with van der Waals surface area (Å²) in [6.45, 7) is 0. The summed E-state index contributed by atoms with van der Waals surface area (Å²) in [7, 11) is 1.53. The topological polar surface area (TPSA) is 93.0 Å². The Kier molecular flexibility index (Phi) is 4.35. The van der Waals surface area contributed by atoms with Crippen molar-refractivity contribution >= 4 is 44.9 Å². The minimum atomic E-state index is -0.336. The maximum atomic E-state index is 12.2. The molecule has 1 aromatic carbocycles. The van der Waals surface area contributed by atoms with E-state index in [0.717, 1.165) is 0 Å². The number of methoxy groups -OCH3 is 1. The van der Waals surface area contributed by atoms with Gasteiger partial charge in [0.15, 0.2) is 0 Å². The van der Waals surface area contributed by atoms with Crippen molar-refractivity contribution in [1.29, 1.82) is 0 Å². The molecule has 0 bridgehead atoms. The normalized spacial score (nSPS) is 10.1. The van der Waals surface area contributed by atoms with E-state index in [2.05, 4.69) is 31.4 Å². The minimum absolute atomic E-state index is 0.152. The van der Waals surface area contributed by atoms with Crippen LogP contribution in [0.25, 0.3) is 0 Å². The lowest BCUT2D eigenvalue weighted by Crippen LogP contribution is -2.17. The molecule has 0 saturated carbocycles. The van der Waals surface area contributed by atoms with Crippen LogP contribution >= 0.6 is 28.1 Å². The van der Waals surface area contributed by atoms with Crippen LogP contribution in [0.5, 0.6) is 5.75 Å². The summed E-state index contributed by atoms with van der Waals surface area (Å²) < 4.78 is 5.74. The van der Waals surface area contributed by atoms with E-state index >= 15 is 0 Å². The van der Waals surface area contributed by atoms with Crippen molar-refractivity contribution in [1.82, 2.24) is 10.2 Å². The molecule has 1 amide bonds. The van der Waals surface area contributed by atoms with Gasteiger partial charge < -0.3 is 15.8 Å². The molecule has 8 heteroatoms. The van der Waals surface area contributed by atoms with Crippen molar-refractivity contribution in [2.24, 2.45) is 5.73 Å². The van der Waals surface area contributed by atoms with Gasteiger partial charge in [-0.3, -0.25) is 9.89 Å². The first-order chi connectivity index (χ1) is 9.52. The van der Waals surface area contributed by atoms with Gasteiger partial charge in [0.2, 0.25) is 0 Å². The van der Waals surface area contributed by atoms with Crippen LogP contribution in [0.4, 0.5) is 5.82 Å². The molecule has 0 saturated heterocycles. The van der Waals surface area contributed by atoms with Crippen molar-refractivity contribution in [3.8, 4) is 5.75 Å². The largest absolute Gasteiger partial charge is 0.497 e. The number of H-pyrrole nitrogens is 1. The van der Waals surface area contributed by atoms with E-state index in [1.807, 2.05) is 0 Å². The predicted molar refractivity (Wildman–Crippen MR) is 83.1 cm³/mol. The van der Waals surface area contributed by atoms with E-state index in [1.165, 1.54) is 13.3 Å². The Morgan fingerprint density at radius 3 is 2.90 bits per heavy atom. The average Bonchev–Trinajstić information content (AvgIpc) is 2.87. The molecule has 6 nitrogen and oxygen atoms in total. The molecule has 104 valence electrons. The highest BCUT2D eigenvalue weighted by molar-refractivity contribution is 9.10. The van der Waals surface area contributed by atoms with Gasteiger partial charge in [-0.1, -0.05) is 12.2 Å². The van der Waals surface area contributed by atoms with Crippen LogP contribution in [0.15, 0.2) is 28.9 Å². The Bertz CT molecular complexity index is 671. The van der Waals surface area contributed by atoms with Gasteiger partial charge in [0.1, 0.15) is 16.6 Å². The lowest BCUT2D eigenvalue weighted by atomic mass is 10.2. The minimum Gasteiger partial charge on any atom is -0.497 e. The third-order valence-corrected chi connectivity index (χ3v) is 3.47. The van der Waals surface area contributed by atoms with Crippen molar-refractivity contribution in [3.05, 3.63) is 40.0 Å². The summed E-state index contributed by atoms with van der Waals surface area (Å²) in [6, 6.07) is 5.10. The first-order valence-corrected chi connectivity index (χ1v) is 6.71. The third-order valence-electron chi connectivity index (χ3n) is 2.56. The molecule has 0 aliphatic rings. The Balaban J connectivity index is 2.28. The standard InChI is InChI=1S/C12H11BrN4O2S/c1-19-6-2-3-9(13)7(4-6)12(18)16-11-8(10(14)20)5-15-17-11/h2-5H,1H3,(H2,14,20)(H2,15,16,17,18). The number of hydrogen-bond donors (Lipinski definition) is 3. The fourth-order valence-electron chi connectivity index (χ4n) is 1.55. The fourth-order valence-corrected chi connectivity index (χ4v) is 2.14. The molecule has 0 aliphatic heterocycles. The number of amides is 1. The number of carbonyl (C=O) groups excluding carboxylic acids is 1. The van der Waals surface area contributed by atoms with Crippen LogP contribution in [-0.4, -0.2) is 28.2 Å². The smallest absolute Gasteiger partial charge is 0.258 e. The molecule has 2 rings (SSSR count). The molecular weight excluding hydrogens is 344 g/mol. The van der Waals surface area contributed by atoms with Crippen LogP contribution in [0.2, 0.25) is 0 Å². The van der Waals surface area contributed by atoms with E-state index in [4.69, 9.17) is 22.7 Å². The van der Waals surface area contributed by atoms with Crippen LogP contribution in [0.3, 0.4) is 0 Å². The van der Waals surface area contributed by atoms with Crippen LogP contribution in [-0.2, 0) is 0 Å². The Morgan fingerprint density at radius 2 is 2.25 bits per heavy atom. The summed E-state index contributed by atoms with van der Waals surface area (Å²) >= 11 is 8.19. The number of hydrogen-bond acceptors (Lipinski definition) is 4. The van der Waals surface area contributed by atoms with Gasteiger partial charge in [-0.2, -0.15) is 5.10 Å². The number of carbonyl (C=O) groups is 1. The average molecular weight is 355 g/mol. The van der Waals surface area contributed by atoms with Gasteiger partial charge in [-0.25, -0.2) is 0 Å². The highest BCUT2D eigenvalue weighted by atomic mass is 79.9. The van der Waals surface area contributed by atoms with Gasteiger partial charge in [0.05, 0.1) is 24.4 Å². The molecule has 1 aromatic heterocycles. The fraction of sp³-hybridized carbons (Fsp3) is 0.0833. The zero-order chi connectivity index (χ0) is 14.7. The summed E-state index contributed by atoms with van der Waals surface area (Å²) in [4.78, 5) is 12.4. The maximum Gasteiger partial charge on any atom is 0.258 e. The molecule has 1 heterocycles. The second-order valence-corrected chi connectivity index (χ2v) is 5.12. The summed E-state index contributed by atoms with van der Waals surface area (Å²) in [5.41, 5.74) is 6.44. The van der Waals surface area contributed by atoms with Crippen LogP contribution < -0.4 is 15.8 Å². The number of halogens is 1. The van der Waals surface area contributed by atoms with Gasteiger partial charge in [0, 0.05) is 4.47 Å². The molecule has 0 spiro atoms. The molecule has 0 fully saturated rings. The molecule has 0 unspecified atom stereocenters. The molecule has 2 aromatic rings. The van der Waals surface area contributed by atoms with Gasteiger partial charge in [-0.05, 0) is 34.1 Å². The number of benzene rings is 1. The number of nitrogens with one attached hydrogen (secondary N) is 2. The first-order valence-electron chi connectivity index (χ1n) is 5.51. The number of nitrogens with zero attached hydrogens (tertiary/aromatic N) is 1. The number of thiocarbonyl (C=S) groups is 1. The van der Waals surface area contributed by atoms with E-state index in [9.17, 15) is 4.79 Å². The number of aromatic amines is 1. The Hall–Kier alpha value is -1.93. The molecule has 20 heavy (non-hydrogen) atoms. The van der Waals surface area contributed by atoms with E-state index < -0.39 is 0 Å².